The third kappa shape index (κ3) is 2.93. The molecule has 0 aromatic heterocycles. The summed E-state index contributed by atoms with van der Waals surface area (Å²) in [6.07, 6.45) is 3.38. The quantitative estimate of drug-likeness (QED) is 0.830. The number of hydrogen-bond acceptors (Lipinski definition) is 3. The highest BCUT2D eigenvalue weighted by molar-refractivity contribution is 14.1. The van der Waals surface area contributed by atoms with E-state index in [0.717, 1.165) is 6.54 Å². The molecule has 2 N–H and O–H groups in total. The van der Waals surface area contributed by atoms with Crippen LogP contribution in [0, 0.1) is 3.57 Å². The molecule has 1 unspecified atom stereocenters. The van der Waals surface area contributed by atoms with Gasteiger partial charge in [0.1, 0.15) is 0 Å². The van der Waals surface area contributed by atoms with E-state index in [1.165, 1.54) is 27.1 Å². The van der Waals surface area contributed by atoms with Crippen molar-refractivity contribution in [3.63, 3.8) is 0 Å². The van der Waals surface area contributed by atoms with Crippen LogP contribution in [-0.4, -0.2) is 24.6 Å². The zero-order valence-electron chi connectivity index (χ0n) is 8.72. The van der Waals surface area contributed by atoms with Crippen LogP contribution in [0.25, 0.3) is 0 Å². The Morgan fingerprint density at radius 2 is 2.33 bits per heavy atom. The third-order valence-corrected chi connectivity index (χ3v) is 3.87. The molecule has 0 radical (unpaired) electrons. The van der Waals surface area contributed by atoms with E-state index in [1.807, 2.05) is 11.8 Å². The average Bonchev–Trinajstić information content (AvgIpc) is 2.26. The lowest BCUT2D eigenvalue weighted by Gasteiger charge is -2.28. The molecule has 1 aliphatic rings. The Morgan fingerprint density at radius 1 is 1.47 bits per heavy atom. The summed E-state index contributed by atoms with van der Waals surface area (Å²) in [6, 6.07) is 7.07. The highest BCUT2D eigenvalue weighted by Gasteiger charge is 2.16. The summed E-state index contributed by atoms with van der Waals surface area (Å²) in [7, 11) is 0. The van der Waals surface area contributed by atoms with Crippen LogP contribution in [0.3, 0.4) is 0 Å². The zero-order chi connectivity index (χ0) is 10.7. The third-order valence-electron chi connectivity index (χ3n) is 2.55. The molecule has 2 nitrogen and oxygen atoms in total. The Bertz CT molecular complexity index is 343. The van der Waals surface area contributed by atoms with Crippen LogP contribution in [0.1, 0.15) is 6.42 Å². The van der Waals surface area contributed by atoms with Gasteiger partial charge in [0.05, 0.1) is 11.4 Å². The normalized spacial score (nSPS) is 18.9. The topological polar surface area (TPSA) is 24.1 Å². The Hall–Kier alpha value is -0.100. The molecule has 0 aliphatic carbocycles. The largest absolute Gasteiger partial charge is 0.381 e. The van der Waals surface area contributed by atoms with Gasteiger partial charge in [-0.3, -0.25) is 0 Å². The molecule has 2 rings (SSSR count). The van der Waals surface area contributed by atoms with Crippen molar-refractivity contribution in [1.29, 1.82) is 0 Å². The van der Waals surface area contributed by atoms with Crippen molar-refractivity contribution in [3.05, 3.63) is 21.8 Å². The molecule has 4 heteroatoms. The van der Waals surface area contributed by atoms with E-state index >= 15 is 0 Å². The van der Waals surface area contributed by atoms with Crippen molar-refractivity contribution in [3.8, 4) is 0 Å². The summed E-state index contributed by atoms with van der Waals surface area (Å²) >= 11 is 4.25. The van der Waals surface area contributed by atoms with Crippen LogP contribution in [-0.2, 0) is 0 Å². The van der Waals surface area contributed by atoms with Crippen molar-refractivity contribution in [2.75, 3.05) is 29.2 Å². The molecular weight excluding hydrogens is 319 g/mol. The second-order valence-corrected chi connectivity index (χ2v) is 5.92. The summed E-state index contributed by atoms with van der Waals surface area (Å²) < 4.78 is 1.28. The second-order valence-electron chi connectivity index (χ2n) is 3.69. The summed E-state index contributed by atoms with van der Waals surface area (Å²) in [4.78, 5) is 0. The monoisotopic (exact) mass is 334 g/mol. The van der Waals surface area contributed by atoms with Crippen LogP contribution >= 0.6 is 34.4 Å². The number of nitrogens with one attached hydrogen (secondary N) is 2. The molecule has 0 saturated carbocycles. The van der Waals surface area contributed by atoms with Gasteiger partial charge in [0.2, 0.25) is 0 Å². The first-order valence-corrected chi connectivity index (χ1v) is 7.56. The molecule has 0 amide bonds. The van der Waals surface area contributed by atoms with E-state index < -0.39 is 0 Å². The fourth-order valence-corrected chi connectivity index (χ4v) is 2.74. The minimum absolute atomic E-state index is 0.574. The van der Waals surface area contributed by atoms with E-state index in [2.05, 4.69) is 57.7 Å². The van der Waals surface area contributed by atoms with Gasteiger partial charge in [0.25, 0.3) is 0 Å². The van der Waals surface area contributed by atoms with Crippen molar-refractivity contribution in [2.45, 2.75) is 12.5 Å². The summed E-state index contributed by atoms with van der Waals surface area (Å²) in [5, 5.41) is 7.07. The number of rotatable bonds is 3. The molecule has 1 aliphatic heterocycles. The molecule has 0 saturated heterocycles. The summed E-state index contributed by atoms with van der Waals surface area (Å²) in [5.74, 6) is 1.22. The lowest BCUT2D eigenvalue weighted by molar-refractivity contribution is 0.719. The maximum Gasteiger partial charge on any atom is 0.0587 e. The van der Waals surface area contributed by atoms with Crippen LogP contribution in [0.2, 0.25) is 0 Å². The van der Waals surface area contributed by atoms with Gasteiger partial charge in [-0.15, -0.1) is 0 Å². The Morgan fingerprint density at radius 3 is 3.13 bits per heavy atom. The summed E-state index contributed by atoms with van der Waals surface area (Å²) in [6.45, 7) is 1.04. The molecule has 1 heterocycles. The van der Waals surface area contributed by atoms with Gasteiger partial charge >= 0.3 is 0 Å². The van der Waals surface area contributed by atoms with Crippen LogP contribution in [0.4, 0.5) is 11.4 Å². The van der Waals surface area contributed by atoms with Crippen LogP contribution < -0.4 is 10.6 Å². The van der Waals surface area contributed by atoms with Crippen molar-refractivity contribution in [2.24, 2.45) is 0 Å². The number of benzene rings is 1. The molecule has 0 fully saturated rings. The van der Waals surface area contributed by atoms with E-state index in [1.54, 1.807) is 0 Å². The number of thioether (sulfide) groups is 1. The minimum Gasteiger partial charge on any atom is -0.381 e. The number of halogens is 1. The highest BCUT2D eigenvalue weighted by atomic mass is 127. The van der Waals surface area contributed by atoms with Gasteiger partial charge in [-0.25, -0.2) is 0 Å². The fraction of sp³-hybridized carbons (Fsp3) is 0.455. The molecule has 1 aromatic rings. The maximum absolute atomic E-state index is 3.58. The maximum atomic E-state index is 3.58. The standard InChI is InChI=1S/C11H15IN2S/c1-15-5-4-9-7-13-11-6-8(12)2-3-10(11)14-9/h2-3,6,9,13-14H,4-5,7H2,1H3. The highest BCUT2D eigenvalue weighted by Crippen LogP contribution is 2.28. The Balaban J connectivity index is 2.03. The summed E-state index contributed by atoms with van der Waals surface area (Å²) in [5.41, 5.74) is 2.48. The number of fused-ring (bicyclic) bond motifs is 1. The van der Waals surface area contributed by atoms with Crippen LogP contribution in [0.5, 0.6) is 0 Å². The molecule has 1 aromatic carbocycles. The molecular formula is C11H15IN2S. The first kappa shape index (κ1) is 11.4. The zero-order valence-corrected chi connectivity index (χ0v) is 11.7. The van der Waals surface area contributed by atoms with E-state index in [4.69, 9.17) is 0 Å². The van der Waals surface area contributed by atoms with Gasteiger partial charge in [-0.1, -0.05) is 0 Å². The second kappa shape index (κ2) is 5.30. The van der Waals surface area contributed by atoms with Crippen molar-refractivity contribution < 1.29 is 0 Å². The smallest absolute Gasteiger partial charge is 0.0587 e. The first-order chi connectivity index (χ1) is 7.29. The number of anilines is 2. The van der Waals surface area contributed by atoms with Crippen molar-refractivity contribution >= 4 is 45.7 Å². The molecule has 0 bridgehead atoms. The average molecular weight is 334 g/mol. The van der Waals surface area contributed by atoms with Gasteiger partial charge in [0, 0.05) is 16.2 Å². The molecule has 15 heavy (non-hydrogen) atoms. The van der Waals surface area contributed by atoms with E-state index in [0.29, 0.717) is 6.04 Å². The van der Waals surface area contributed by atoms with Gasteiger partial charge < -0.3 is 10.6 Å². The first-order valence-electron chi connectivity index (χ1n) is 5.08. The Labute approximate surface area is 109 Å². The van der Waals surface area contributed by atoms with Gasteiger partial charge in [0.15, 0.2) is 0 Å². The fourth-order valence-electron chi connectivity index (χ4n) is 1.73. The van der Waals surface area contributed by atoms with Gasteiger partial charge in [-0.2, -0.15) is 11.8 Å². The number of hydrogen-bond donors (Lipinski definition) is 2. The lowest BCUT2D eigenvalue weighted by atomic mass is 10.1. The lowest BCUT2D eigenvalue weighted by Crippen LogP contribution is -2.33. The molecule has 1 atom stereocenters. The van der Waals surface area contributed by atoms with Gasteiger partial charge in [-0.05, 0) is 59.2 Å². The van der Waals surface area contributed by atoms with E-state index in [9.17, 15) is 0 Å². The predicted molar refractivity (Wildman–Crippen MR) is 78.1 cm³/mol. The predicted octanol–water partition coefficient (Wildman–Crippen LogP) is 3.25. The van der Waals surface area contributed by atoms with E-state index in [-0.39, 0.29) is 0 Å². The van der Waals surface area contributed by atoms with Crippen molar-refractivity contribution in [1.82, 2.24) is 0 Å². The Kier molecular flexibility index (Phi) is 4.02. The molecule has 0 spiro atoms. The van der Waals surface area contributed by atoms with Crippen LogP contribution in [0.15, 0.2) is 18.2 Å². The minimum atomic E-state index is 0.574. The molecule has 82 valence electrons. The SMILES string of the molecule is CSCCC1CNc2cc(I)ccc2N1.